The van der Waals surface area contributed by atoms with Gasteiger partial charge in [-0.05, 0) is 19.8 Å². The van der Waals surface area contributed by atoms with Crippen molar-refractivity contribution in [2.45, 2.75) is 20.3 Å². The van der Waals surface area contributed by atoms with Gasteiger partial charge in [-0.15, -0.1) is 0 Å². The van der Waals surface area contributed by atoms with Crippen LogP contribution in [0.1, 0.15) is 20.9 Å². The minimum absolute atomic E-state index is 0.137. The van der Waals surface area contributed by atoms with Gasteiger partial charge < -0.3 is 9.67 Å². The van der Waals surface area contributed by atoms with Gasteiger partial charge in [-0.3, -0.25) is 0 Å². The second-order valence-corrected chi connectivity index (χ2v) is 5.05. The predicted molar refractivity (Wildman–Crippen MR) is 84.3 cm³/mol. The second kappa shape index (κ2) is 5.44. The summed E-state index contributed by atoms with van der Waals surface area (Å²) in [4.78, 5) is 4.33. The molecule has 2 aromatic carbocycles. The molecule has 0 spiro atoms. The van der Waals surface area contributed by atoms with Crippen molar-refractivity contribution < 1.29 is 9.22 Å². The number of benzene rings is 2. The molecule has 3 rings (SSSR count). The summed E-state index contributed by atoms with van der Waals surface area (Å²) >= 11 is 0. The number of aromatic nitrogens is 2. The third-order valence-electron chi connectivity index (χ3n) is 3.49. The van der Waals surface area contributed by atoms with E-state index in [2.05, 4.69) is 4.98 Å². The molecule has 1 aromatic heterocycles. The predicted octanol–water partition coefficient (Wildman–Crippen LogP) is 3.92. The molecular weight excluding hydrogens is 260 g/mol. The Balaban J connectivity index is 2.12. The second-order valence-electron chi connectivity index (χ2n) is 5.05. The maximum atomic E-state index is 10.0. The number of imidazole rings is 1. The van der Waals surface area contributed by atoms with E-state index in [9.17, 15) is 5.11 Å². The van der Waals surface area contributed by atoms with Gasteiger partial charge in [0.25, 0.3) is 0 Å². The van der Waals surface area contributed by atoms with Gasteiger partial charge in [0.2, 0.25) is 0 Å². The van der Waals surface area contributed by atoms with Gasteiger partial charge >= 0.3 is 0 Å². The Kier molecular flexibility index (Phi) is 2.65. The van der Waals surface area contributed by atoms with E-state index in [1.165, 1.54) is 6.20 Å². The molecule has 0 atom stereocenters. The van der Waals surface area contributed by atoms with Crippen LogP contribution in [0.25, 0.3) is 11.4 Å². The number of phenolic OH excluding ortho intramolecular Hbond substituents is 1. The zero-order chi connectivity index (χ0) is 17.3. The fraction of sp³-hybridized carbons (Fsp3) is 0.167. The van der Waals surface area contributed by atoms with E-state index < -0.39 is 6.85 Å². The van der Waals surface area contributed by atoms with Crippen molar-refractivity contribution in [3.63, 3.8) is 0 Å². The van der Waals surface area contributed by atoms with Crippen LogP contribution in [-0.4, -0.2) is 14.7 Å². The normalized spacial score (nSPS) is 13.5. The Hall–Kier alpha value is -2.55. The van der Waals surface area contributed by atoms with Crippen molar-refractivity contribution in [1.82, 2.24) is 9.55 Å². The van der Waals surface area contributed by atoms with Gasteiger partial charge in [0.1, 0.15) is 11.6 Å². The summed E-state index contributed by atoms with van der Waals surface area (Å²) in [5.41, 5.74) is 2.76. The highest BCUT2D eigenvalue weighted by Gasteiger charge is 2.11. The number of aryl methyl sites for hydroxylation is 2. The van der Waals surface area contributed by atoms with Crippen LogP contribution in [0.5, 0.6) is 5.75 Å². The topological polar surface area (TPSA) is 38.0 Å². The van der Waals surface area contributed by atoms with Crippen molar-refractivity contribution in [3.05, 3.63) is 71.5 Å². The lowest BCUT2D eigenvalue weighted by molar-refractivity contribution is 0.466. The lowest BCUT2D eigenvalue weighted by Crippen LogP contribution is -2.04. The van der Waals surface area contributed by atoms with Crippen LogP contribution in [0, 0.1) is 13.8 Å². The van der Waals surface area contributed by atoms with Gasteiger partial charge in [-0.2, -0.15) is 0 Å². The monoisotopic (exact) mass is 281 g/mol. The van der Waals surface area contributed by atoms with Crippen LogP contribution in [0.3, 0.4) is 0 Å². The summed E-state index contributed by atoms with van der Waals surface area (Å²) in [5, 5.41) is 10.0. The largest absolute Gasteiger partial charge is 0.508 e. The van der Waals surface area contributed by atoms with Crippen molar-refractivity contribution in [2.24, 2.45) is 0 Å². The highest BCUT2D eigenvalue weighted by Crippen LogP contribution is 2.24. The Labute approximate surface area is 128 Å². The molecule has 0 fully saturated rings. The van der Waals surface area contributed by atoms with E-state index in [1.807, 2.05) is 37.3 Å². The molecule has 0 aliphatic heterocycles. The lowest BCUT2D eigenvalue weighted by Gasteiger charge is -2.11. The van der Waals surface area contributed by atoms with Crippen LogP contribution in [-0.2, 0) is 6.54 Å². The highest BCUT2D eigenvalue weighted by atomic mass is 16.3. The smallest absolute Gasteiger partial charge is 0.140 e. The van der Waals surface area contributed by atoms with E-state index >= 15 is 0 Å². The first-order valence-corrected chi connectivity index (χ1v) is 6.76. The summed E-state index contributed by atoms with van der Waals surface area (Å²) in [5.74, 6) is 0.710. The summed E-state index contributed by atoms with van der Waals surface area (Å²) in [7, 11) is 0. The zero-order valence-electron chi connectivity index (χ0n) is 14.7. The first-order chi connectivity index (χ1) is 11.4. The van der Waals surface area contributed by atoms with E-state index in [0.717, 1.165) is 11.1 Å². The third kappa shape index (κ3) is 2.68. The van der Waals surface area contributed by atoms with Crippen LogP contribution < -0.4 is 0 Å². The molecule has 3 aromatic rings. The molecule has 0 bridgehead atoms. The molecule has 0 aliphatic rings. The van der Waals surface area contributed by atoms with E-state index in [-0.39, 0.29) is 18.0 Å². The van der Waals surface area contributed by atoms with E-state index in [1.54, 1.807) is 22.8 Å². The number of nitrogens with zero attached hydrogens (tertiary/aromatic N) is 2. The molecule has 0 saturated heterocycles. The summed E-state index contributed by atoms with van der Waals surface area (Å²) in [6, 6.07) is 14.7. The number of aromatic hydroxyl groups is 1. The fourth-order valence-corrected chi connectivity index (χ4v) is 2.28. The van der Waals surface area contributed by atoms with Gasteiger partial charge in [0.15, 0.2) is 0 Å². The molecule has 0 saturated carbocycles. The average Bonchev–Trinajstić information content (AvgIpc) is 2.94. The van der Waals surface area contributed by atoms with Gasteiger partial charge in [0, 0.05) is 27.1 Å². The van der Waals surface area contributed by atoms with Gasteiger partial charge in [-0.25, -0.2) is 4.98 Å². The average molecular weight is 281 g/mol. The minimum Gasteiger partial charge on any atom is -0.508 e. The first-order valence-electron chi connectivity index (χ1n) is 8.26. The van der Waals surface area contributed by atoms with Gasteiger partial charge in [0.05, 0.1) is 6.54 Å². The third-order valence-corrected chi connectivity index (χ3v) is 3.49. The minimum atomic E-state index is -2.28. The van der Waals surface area contributed by atoms with Crippen LogP contribution in [0.15, 0.2) is 54.7 Å². The molecule has 21 heavy (non-hydrogen) atoms. The number of phenols is 1. The van der Waals surface area contributed by atoms with Gasteiger partial charge in [-0.1, -0.05) is 48.0 Å². The molecule has 0 unspecified atom stereocenters. The zero-order valence-corrected chi connectivity index (χ0v) is 11.7. The quantitative estimate of drug-likeness (QED) is 0.790. The molecule has 1 heterocycles. The molecule has 0 radical (unpaired) electrons. The molecular formula is C18H18N2O. The Bertz CT molecular complexity index is 851. The molecule has 0 amide bonds. The number of hydrogen-bond donors (Lipinski definition) is 1. The molecule has 1 N–H and O–H groups in total. The fourth-order valence-electron chi connectivity index (χ4n) is 2.28. The highest BCUT2D eigenvalue weighted by molar-refractivity contribution is 5.57. The van der Waals surface area contributed by atoms with Crippen molar-refractivity contribution >= 4 is 0 Å². The number of para-hydroxylation sites is 1. The van der Waals surface area contributed by atoms with Crippen molar-refractivity contribution in [1.29, 1.82) is 0 Å². The SMILES string of the molecule is [2H]C([2H])([2H])c1cnc(-c2ccc(C)cc2)n1Cc1ccccc1O. The maximum absolute atomic E-state index is 10.0. The van der Waals surface area contributed by atoms with Crippen LogP contribution in [0.2, 0.25) is 0 Å². The first kappa shape index (κ1) is 10.2. The summed E-state index contributed by atoms with van der Waals surface area (Å²) in [6.45, 7) is -0.0456. The molecule has 3 heteroatoms. The Morgan fingerprint density at radius 2 is 1.90 bits per heavy atom. The molecule has 3 nitrogen and oxygen atoms in total. The van der Waals surface area contributed by atoms with Crippen LogP contribution >= 0.6 is 0 Å². The maximum Gasteiger partial charge on any atom is 0.140 e. The Morgan fingerprint density at radius 3 is 2.62 bits per heavy atom. The molecule has 106 valence electrons. The standard InChI is InChI=1S/C18H18N2O/c1-13-7-9-15(10-8-13)18-19-11-14(2)20(18)12-16-5-3-4-6-17(16)21/h3-11,21H,12H2,1-2H3/i2D3. The van der Waals surface area contributed by atoms with E-state index in [0.29, 0.717) is 11.4 Å². The lowest BCUT2D eigenvalue weighted by atomic mass is 10.1. The summed E-state index contributed by atoms with van der Waals surface area (Å²) < 4.78 is 24.9. The number of rotatable bonds is 3. The number of hydrogen-bond acceptors (Lipinski definition) is 2. The summed E-state index contributed by atoms with van der Waals surface area (Å²) in [6.07, 6.45) is 1.39. The van der Waals surface area contributed by atoms with Crippen molar-refractivity contribution in [2.75, 3.05) is 0 Å². The van der Waals surface area contributed by atoms with Crippen LogP contribution in [0.4, 0.5) is 0 Å². The Morgan fingerprint density at radius 1 is 1.14 bits per heavy atom. The van der Waals surface area contributed by atoms with E-state index in [4.69, 9.17) is 4.11 Å². The molecule has 0 aliphatic carbocycles. The van der Waals surface area contributed by atoms with Crippen molar-refractivity contribution in [3.8, 4) is 17.1 Å².